The fraction of sp³-hybridized carbons (Fsp3) is 0.381. The Morgan fingerprint density at radius 2 is 2.12 bits per heavy atom. The van der Waals surface area contributed by atoms with Crippen LogP contribution in [0.15, 0.2) is 39.9 Å². The number of rotatable bonds is 4. The van der Waals surface area contributed by atoms with Crippen molar-refractivity contribution in [2.45, 2.75) is 52.1 Å². The molecular weight excluding hydrogens is 326 g/mol. The summed E-state index contributed by atoms with van der Waals surface area (Å²) in [7, 11) is 0. The Balaban J connectivity index is 1.65. The second kappa shape index (κ2) is 6.80. The van der Waals surface area contributed by atoms with Gasteiger partial charge >= 0.3 is 0 Å². The number of ether oxygens (including phenoxy) is 1. The molecule has 1 heterocycles. The molecule has 26 heavy (non-hydrogen) atoms. The molecule has 0 spiro atoms. The van der Waals surface area contributed by atoms with Gasteiger partial charge in [-0.25, -0.2) is 0 Å². The molecule has 0 aliphatic heterocycles. The average molecular weight is 347 g/mol. The Hall–Kier alpha value is -2.87. The van der Waals surface area contributed by atoms with Gasteiger partial charge in [0.1, 0.15) is 11.8 Å². The first kappa shape index (κ1) is 16.6. The molecule has 5 nitrogen and oxygen atoms in total. The lowest BCUT2D eigenvalue weighted by Gasteiger charge is -2.13. The van der Waals surface area contributed by atoms with Crippen molar-refractivity contribution in [3.63, 3.8) is 0 Å². The molecule has 0 saturated carbocycles. The van der Waals surface area contributed by atoms with Crippen LogP contribution in [0, 0.1) is 11.3 Å². The summed E-state index contributed by atoms with van der Waals surface area (Å²) in [5, 5.41) is 13.6. The molecule has 0 atom stereocenters. The van der Waals surface area contributed by atoms with Crippen molar-refractivity contribution in [3.05, 3.63) is 46.8 Å². The van der Waals surface area contributed by atoms with Crippen molar-refractivity contribution >= 4 is 5.57 Å². The summed E-state index contributed by atoms with van der Waals surface area (Å²) in [6.07, 6.45) is 7.94. The van der Waals surface area contributed by atoms with Crippen molar-refractivity contribution in [2.75, 3.05) is 0 Å². The maximum absolute atomic E-state index is 9.40. The van der Waals surface area contributed by atoms with Gasteiger partial charge in [-0.1, -0.05) is 16.8 Å². The SMILES string of the molecule is CC(C)Oc1ccc(-c2nc(C3=CCCC4=C3CCC4)no2)cc1C#N. The Morgan fingerprint density at radius 3 is 2.92 bits per heavy atom. The molecule has 0 saturated heterocycles. The van der Waals surface area contributed by atoms with Crippen LogP contribution in [0.1, 0.15) is 57.3 Å². The molecule has 1 aromatic carbocycles. The minimum Gasteiger partial charge on any atom is -0.490 e. The van der Waals surface area contributed by atoms with E-state index in [9.17, 15) is 5.26 Å². The van der Waals surface area contributed by atoms with E-state index in [0.717, 1.165) is 30.4 Å². The van der Waals surface area contributed by atoms with E-state index in [0.29, 0.717) is 23.0 Å². The highest BCUT2D eigenvalue weighted by atomic mass is 16.5. The van der Waals surface area contributed by atoms with Crippen LogP contribution in [0.2, 0.25) is 0 Å². The molecule has 0 unspecified atom stereocenters. The zero-order valence-electron chi connectivity index (χ0n) is 15.1. The fourth-order valence-electron chi connectivity index (χ4n) is 3.70. The molecule has 0 amide bonds. The number of nitrogens with zero attached hydrogens (tertiary/aromatic N) is 3. The monoisotopic (exact) mass is 347 g/mol. The predicted octanol–water partition coefficient (Wildman–Crippen LogP) is 5.05. The van der Waals surface area contributed by atoms with Crippen molar-refractivity contribution in [1.82, 2.24) is 10.1 Å². The van der Waals surface area contributed by atoms with Gasteiger partial charge in [0, 0.05) is 11.1 Å². The summed E-state index contributed by atoms with van der Waals surface area (Å²) in [5.41, 5.74) is 5.28. The summed E-state index contributed by atoms with van der Waals surface area (Å²) < 4.78 is 11.2. The second-order valence-corrected chi connectivity index (χ2v) is 7.00. The molecule has 0 N–H and O–H groups in total. The van der Waals surface area contributed by atoms with Crippen LogP contribution < -0.4 is 4.74 Å². The largest absolute Gasteiger partial charge is 0.490 e. The molecule has 2 aromatic rings. The third-order valence-electron chi connectivity index (χ3n) is 4.83. The highest BCUT2D eigenvalue weighted by Gasteiger charge is 2.25. The van der Waals surface area contributed by atoms with Gasteiger partial charge in [0.15, 0.2) is 0 Å². The van der Waals surface area contributed by atoms with Crippen LogP contribution in [-0.2, 0) is 0 Å². The molecule has 132 valence electrons. The minimum atomic E-state index is 0.00933. The van der Waals surface area contributed by atoms with Gasteiger partial charge < -0.3 is 9.26 Å². The first-order valence-electron chi connectivity index (χ1n) is 9.12. The number of allylic oxidation sites excluding steroid dienone is 4. The van der Waals surface area contributed by atoms with Crippen LogP contribution in [0.3, 0.4) is 0 Å². The molecule has 1 aromatic heterocycles. The van der Waals surface area contributed by atoms with Gasteiger partial charge in [-0.2, -0.15) is 10.2 Å². The summed E-state index contributed by atoms with van der Waals surface area (Å²) in [4.78, 5) is 4.60. The minimum absolute atomic E-state index is 0.00933. The van der Waals surface area contributed by atoms with E-state index in [-0.39, 0.29) is 6.10 Å². The van der Waals surface area contributed by atoms with Crippen LogP contribution in [-0.4, -0.2) is 16.2 Å². The smallest absolute Gasteiger partial charge is 0.258 e. The summed E-state index contributed by atoms with van der Waals surface area (Å²) in [5.74, 6) is 1.65. The van der Waals surface area contributed by atoms with E-state index in [1.54, 1.807) is 17.7 Å². The van der Waals surface area contributed by atoms with Gasteiger partial charge in [-0.15, -0.1) is 0 Å². The van der Waals surface area contributed by atoms with Gasteiger partial charge in [-0.3, -0.25) is 0 Å². The average Bonchev–Trinajstić information content (AvgIpc) is 3.30. The molecule has 2 aliphatic carbocycles. The normalized spacial score (nSPS) is 16.5. The zero-order chi connectivity index (χ0) is 18.1. The Labute approximate surface area is 153 Å². The van der Waals surface area contributed by atoms with Crippen LogP contribution in [0.4, 0.5) is 0 Å². The summed E-state index contributed by atoms with van der Waals surface area (Å²) >= 11 is 0. The number of benzene rings is 1. The predicted molar refractivity (Wildman–Crippen MR) is 98.3 cm³/mol. The molecule has 4 rings (SSSR count). The maximum atomic E-state index is 9.40. The van der Waals surface area contributed by atoms with Gasteiger partial charge in [0.25, 0.3) is 5.89 Å². The van der Waals surface area contributed by atoms with E-state index in [1.807, 2.05) is 19.9 Å². The van der Waals surface area contributed by atoms with E-state index in [4.69, 9.17) is 9.26 Å². The molecule has 0 radical (unpaired) electrons. The van der Waals surface area contributed by atoms with E-state index in [1.165, 1.54) is 18.4 Å². The van der Waals surface area contributed by atoms with E-state index >= 15 is 0 Å². The third-order valence-corrected chi connectivity index (χ3v) is 4.83. The zero-order valence-corrected chi connectivity index (χ0v) is 15.1. The summed E-state index contributed by atoms with van der Waals surface area (Å²) in [6, 6.07) is 7.56. The number of nitriles is 1. The molecule has 0 fully saturated rings. The molecule has 0 bridgehead atoms. The van der Waals surface area contributed by atoms with Crippen molar-refractivity contribution in [3.8, 4) is 23.3 Å². The van der Waals surface area contributed by atoms with Gasteiger partial charge in [0.05, 0.1) is 11.7 Å². The van der Waals surface area contributed by atoms with Crippen molar-refractivity contribution < 1.29 is 9.26 Å². The third kappa shape index (κ3) is 3.03. The molecule has 5 heteroatoms. The second-order valence-electron chi connectivity index (χ2n) is 7.00. The first-order valence-corrected chi connectivity index (χ1v) is 9.12. The quantitative estimate of drug-likeness (QED) is 0.773. The van der Waals surface area contributed by atoms with Crippen molar-refractivity contribution in [1.29, 1.82) is 5.26 Å². The summed E-state index contributed by atoms with van der Waals surface area (Å²) in [6.45, 7) is 3.87. The first-order chi connectivity index (χ1) is 12.7. The highest BCUT2D eigenvalue weighted by Crippen LogP contribution is 2.41. The van der Waals surface area contributed by atoms with Crippen molar-refractivity contribution in [2.24, 2.45) is 0 Å². The Kier molecular flexibility index (Phi) is 4.34. The number of hydrogen-bond donors (Lipinski definition) is 0. The maximum Gasteiger partial charge on any atom is 0.258 e. The van der Waals surface area contributed by atoms with Gasteiger partial charge in [-0.05, 0) is 69.7 Å². The van der Waals surface area contributed by atoms with Crippen LogP contribution >= 0.6 is 0 Å². The number of hydrogen-bond acceptors (Lipinski definition) is 5. The fourth-order valence-corrected chi connectivity index (χ4v) is 3.70. The molecule has 2 aliphatic rings. The van der Waals surface area contributed by atoms with Gasteiger partial charge in [0.2, 0.25) is 5.82 Å². The Bertz CT molecular complexity index is 944. The standard InChI is InChI=1S/C21H21N3O2/c1-13(2)25-19-10-9-15(11-16(19)12-22)21-23-20(24-26-21)18-8-4-6-14-5-3-7-17(14)18/h8-11,13H,3-7H2,1-2H3. The lowest BCUT2D eigenvalue weighted by atomic mass is 9.92. The van der Waals surface area contributed by atoms with E-state index < -0.39 is 0 Å². The number of aromatic nitrogens is 2. The lowest BCUT2D eigenvalue weighted by molar-refractivity contribution is 0.242. The van der Waals surface area contributed by atoms with Crippen LogP contribution in [0.25, 0.3) is 17.0 Å². The topological polar surface area (TPSA) is 71.9 Å². The highest BCUT2D eigenvalue weighted by molar-refractivity contribution is 5.78. The van der Waals surface area contributed by atoms with E-state index in [2.05, 4.69) is 22.3 Å². The van der Waals surface area contributed by atoms with Crippen LogP contribution in [0.5, 0.6) is 5.75 Å². The molecular formula is C21H21N3O2. The Morgan fingerprint density at radius 1 is 1.23 bits per heavy atom. The lowest BCUT2D eigenvalue weighted by Crippen LogP contribution is -2.06.